The molecule has 0 aliphatic rings. The van der Waals surface area contributed by atoms with Gasteiger partial charge in [0.1, 0.15) is 0 Å². The van der Waals surface area contributed by atoms with Crippen LogP contribution in [0.2, 0.25) is 0 Å². The van der Waals surface area contributed by atoms with E-state index in [9.17, 15) is 19.8 Å². The molecule has 372 valence electrons. The van der Waals surface area contributed by atoms with Crippen molar-refractivity contribution in [3.05, 3.63) is 24.3 Å². The van der Waals surface area contributed by atoms with Gasteiger partial charge in [-0.05, 0) is 57.8 Å². The summed E-state index contributed by atoms with van der Waals surface area (Å²) in [5, 5.41) is 23.3. The van der Waals surface area contributed by atoms with E-state index in [0.29, 0.717) is 25.9 Å². The molecule has 0 aromatic rings. The lowest BCUT2D eigenvalue weighted by Gasteiger charge is -2.22. The van der Waals surface area contributed by atoms with Gasteiger partial charge in [-0.3, -0.25) is 9.59 Å². The van der Waals surface area contributed by atoms with Crippen molar-refractivity contribution in [1.29, 1.82) is 0 Å². The quantitative estimate of drug-likeness (QED) is 0.0321. The van der Waals surface area contributed by atoms with E-state index in [1.54, 1.807) is 0 Å². The van der Waals surface area contributed by atoms with Crippen LogP contribution in [-0.4, -0.2) is 47.4 Å². The number of carbonyl (C=O) groups is 2. The topological polar surface area (TPSA) is 95.9 Å². The number of amides is 1. The van der Waals surface area contributed by atoms with Crippen molar-refractivity contribution in [2.45, 2.75) is 315 Å². The third-order valence-corrected chi connectivity index (χ3v) is 13.0. The van der Waals surface area contributed by atoms with Crippen LogP contribution in [0.1, 0.15) is 303 Å². The molecule has 2 atom stereocenters. The lowest BCUT2D eigenvalue weighted by atomic mass is 10.0. The van der Waals surface area contributed by atoms with Gasteiger partial charge in [-0.2, -0.15) is 0 Å². The highest BCUT2D eigenvalue weighted by Gasteiger charge is 2.20. The number of aliphatic hydroxyl groups is 2. The number of nitrogens with one attached hydrogen (secondary N) is 1. The molecule has 0 fully saturated rings. The molecule has 0 heterocycles. The van der Waals surface area contributed by atoms with E-state index >= 15 is 0 Å². The lowest BCUT2D eigenvalue weighted by Crippen LogP contribution is -2.45. The molecule has 0 aliphatic carbocycles. The number of unbranched alkanes of at least 4 members (excludes halogenated alkanes) is 38. The number of ether oxygens (including phenoxy) is 1. The molecule has 0 saturated heterocycles. The van der Waals surface area contributed by atoms with E-state index in [1.807, 2.05) is 0 Å². The standard InChI is InChI=1S/C57H109NO5/c1-3-5-7-9-11-13-15-17-19-20-22-25-29-33-37-41-45-49-55(60)54(53-59)58-56(61)50-46-42-38-34-30-26-23-21-24-28-32-36-40-44-48-52-63-57(62)51-47-43-39-35-31-27-18-16-14-12-10-8-6-4-2/h21,24,28,32,54-55,59-60H,3-20,22-23,25-27,29-31,33-53H2,1-2H3,(H,58,61)/b24-21-,32-28-. The van der Waals surface area contributed by atoms with E-state index in [2.05, 4.69) is 43.5 Å². The number of hydrogen-bond donors (Lipinski definition) is 3. The largest absolute Gasteiger partial charge is 0.466 e. The molecule has 0 radical (unpaired) electrons. The summed E-state index contributed by atoms with van der Waals surface area (Å²) in [7, 11) is 0. The van der Waals surface area contributed by atoms with Crippen LogP contribution in [-0.2, 0) is 14.3 Å². The summed E-state index contributed by atoms with van der Waals surface area (Å²) < 4.78 is 5.45. The smallest absolute Gasteiger partial charge is 0.305 e. The molecule has 0 aliphatic heterocycles. The summed E-state index contributed by atoms with van der Waals surface area (Å²) in [5.74, 6) is -0.0747. The zero-order chi connectivity index (χ0) is 45.8. The molecule has 6 nitrogen and oxygen atoms in total. The van der Waals surface area contributed by atoms with Gasteiger partial charge in [0, 0.05) is 12.8 Å². The summed E-state index contributed by atoms with van der Waals surface area (Å²) in [6.07, 6.45) is 63.0. The Morgan fingerprint density at radius 1 is 0.444 bits per heavy atom. The summed E-state index contributed by atoms with van der Waals surface area (Å²) >= 11 is 0. The fourth-order valence-electron chi connectivity index (χ4n) is 8.69. The third kappa shape index (κ3) is 49.6. The van der Waals surface area contributed by atoms with Crippen molar-refractivity contribution in [2.75, 3.05) is 13.2 Å². The lowest BCUT2D eigenvalue weighted by molar-refractivity contribution is -0.143. The zero-order valence-electron chi connectivity index (χ0n) is 42.3. The van der Waals surface area contributed by atoms with Gasteiger partial charge in [0.25, 0.3) is 0 Å². The molecule has 3 N–H and O–H groups in total. The minimum atomic E-state index is -0.678. The predicted molar refractivity (Wildman–Crippen MR) is 273 cm³/mol. The Morgan fingerprint density at radius 3 is 1.17 bits per heavy atom. The summed E-state index contributed by atoms with van der Waals surface area (Å²) in [5.41, 5.74) is 0. The maximum absolute atomic E-state index is 12.5. The fourth-order valence-corrected chi connectivity index (χ4v) is 8.69. The van der Waals surface area contributed by atoms with Crippen LogP contribution in [0.5, 0.6) is 0 Å². The van der Waals surface area contributed by atoms with E-state index in [4.69, 9.17) is 4.74 Å². The second-order valence-corrected chi connectivity index (χ2v) is 19.3. The van der Waals surface area contributed by atoms with E-state index in [1.165, 1.54) is 193 Å². The Hall–Kier alpha value is -1.66. The first-order valence-corrected chi connectivity index (χ1v) is 28.1. The molecular formula is C57H109NO5. The van der Waals surface area contributed by atoms with Gasteiger partial charge in [-0.1, -0.05) is 256 Å². The van der Waals surface area contributed by atoms with Crippen LogP contribution in [0.3, 0.4) is 0 Å². The Kier molecular flexibility index (Phi) is 51.6. The van der Waals surface area contributed by atoms with Crippen molar-refractivity contribution in [1.82, 2.24) is 5.32 Å². The van der Waals surface area contributed by atoms with Crippen molar-refractivity contribution in [3.8, 4) is 0 Å². The molecule has 0 aromatic heterocycles. The van der Waals surface area contributed by atoms with Crippen molar-refractivity contribution in [3.63, 3.8) is 0 Å². The first-order chi connectivity index (χ1) is 31.0. The summed E-state index contributed by atoms with van der Waals surface area (Å²) in [6.45, 7) is 4.91. The Labute approximate surface area is 392 Å². The third-order valence-electron chi connectivity index (χ3n) is 13.0. The van der Waals surface area contributed by atoms with Gasteiger partial charge in [0.2, 0.25) is 5.91 Å². The van der Waals surface area contributed by atoms with Gasteiger partial charge in [-0.15, -0.1) is 0 Å². The minimum Gasteiger partial charge on any atom is -0.466 e. The highest BCUT2D eigenvalue weighted by atomic mass is 16.5. The monoisotopic (exact) mass is 888 g/mol. The van der Waals surface area contributed by atoms with Gasteiger partial charge < -0.3 is 20.3 Å². The molecule has 0 saturated carbocycles. The molecule has 0 spiro atoms. The maximum atomic E-state index is 12.5. The Balaban J connectivity index is 3.51. The second kappa shape index (κ2) is 53.0. The van der Waals surface area contributed by atoms with Crippen molar-refractivity contribution in [2.24, 2.45) is 0 Å². The highest BCUT2D eigenvalue weighted by Crippen LogP contribution is 2.17. The van der Waals surface area contributed by atoms with Crippen LogP contribution < -0.4 is 5.32 Å². The van der Waals surface area contributed by atoms with E-state index < -0.39 is 12.1 Å². The van der Waals surface area contributed by atoms with Gasteiger partial charge in [-0.25, -0.2) is 0 Å². The molecule has 6 heteroatoms. The Bertz CT molecular complexity index is 982. The first kappa shape index (κ1) is 61.3. The number of hydrogen-bond acceptors (Lipinski definition) is 5. The normalized spacial score (nSPS) is 12.8. The Morgan fingerprint density at radius 2 is 0.778 bits per heavy atom. The number of aliphatic hydroxyl groups excluding tert-OH is 2. The molecule has 2 unspecified atom stereocenters. The van der Waals surface area contributed by atoms with E-state index in [-0.39, 0.29) is 18.5 Å². The van der Waals surface area contributed by atoms with Crippen LogP contribution in [0.4, 0.5) is 0 Å². The average molecular weight is 889 g/mol. The van der Waals surface area contributed by atoms with Gasteiger partial charge >= 0.3 is 5.97 Å². The van der Waals surface area contributed by atoms with Crippen molar-refractivity contribution >= 4 is 11.9 Å². The average Bonchev–Trinajstić information content (AvgIpc) is 3.28. The van der Waals surface area contributed by atoms with E-state index in [0.717, 1.165) is 77.0 Å². The van der Waals surface area contributed by atoms with Crippen LogP contribution in [0.15, 0.2) is 24.3 Å². The SMILES string of the molecule is CCCCCCCCCCCCCCCCCCCC(O)C(CO)NC(=O)CCCCCCCC/C=C\C=C/CCCCCOC(=O)CCCCCCCCCCCCCCCC. The number of rotatable bonds is 52. The summed E-state index contributed by atoms with van der Waals surface area (Å²) in [6, 6.07) is -0.558. The van der Waals surface area contributed by atoms with Crippen LogP contribution in [0, 0.1) is 0 Å². The van der Waals surface area contributed by atoms with Gasteiger partial charge in [0.05, 0.1) is 25.4 Å². The number of allylic oxidation sites excluding steroid dienone is 4. The highest BCUT2D eigenvalue weighted by molar-refractivity contribution is 5.76. The fraction of sp³-hybridized carbons (Fsp3) is 0.895. The summed E-state index contributed by atoms with van der Waals surface area (Å²) in [4.78, 5) is 24.5. The molecule has 0 bridgehead atoms. The molecule has 1 amide bonds. The zero-order valence-corrected chi connectivity index (χ0v) is 42.3. The van der Waals surface area contributed by atoms with Crippen LogP contribution in [0.25, 0.3) is 0 Å². The first-order valence-electron chi connectivity index (χ1n) is 28.1. The minimum absolute atomic E-state index is 0.0191. The molecular weight excluding hydrogens is 779 g/mol. The van der Waals surface area contributed by atoms with Gasteiger partial charge in [0.15, 0.2) is 0 Å². The maximum Gasteiger partial charge on any atom is 0.305 e. The predicted octanol–water partition coefficient (Wildman–Crippen LogP) is 17.1. The van der Waals surface area contributed by atoms with Crippen LogP contribution >= 0.6 is 0 Å². The second-order valence-electron chi connectivity index (χ2n) is 19.3. The number of carbonyl (C=O) groups excluding carboxylic acids is 2. The number of esters is 1. The molecule has 0 rings (SSSR count). The van der Waals surface area contributed by atoms with Crippen molar-refractivity contribution < 1.29 is 24.5 Å². The molecule has 0 aromatic carbocycles. The molecule has 63 heavy (non-hydrogen) atoms.